The van der Waals surface area contributed by atoms with Crippen LogP contribution in [0.5, 0.6) is 5.95 Å². The van der Waals surface area contributed by atoms with Crippen molar-refractivity contribution in [1.82, 2.24) is 10.4 Å². The standard InChI is InChI=1S/C12H11ClN2O4/c1-2-18-12-10(14-15-19-12)9(11(16)17)7-5-3-4-6-8(7)13/h3-6,9H,2H2,1H3,(H,16,17). The van der Waals surface area contributed by atoms with Gasteiger partial charge in [0.1, 0.15) is 5.92 Å². The molecule has 2 rings (SSSR count). The fraction of sp³-hybridized carbons (Fsp3) is 0.250. The Morgan fingerprint density at radius 3 is 2.89 bits per heavy atom. The third-order valence-electron chi connectivity index (χ3n) is 2.49. The van der Waals surface area contributed by atoms with Crippen molar-refractivity contribution in [2.45, 2.75) is 12.8 Å². The van der Waals surface area contributed by atoms with Gasteiger partial charge in [0.2, 0.25) is 0 Å². The van der Waals surface area contributed by atoms with Gasteiger partial charge in [-0.05, 0) is 18.6 Å². The Balaban J connectivity index is 2.49. The van der Waals surface area contributed by atoms with Crippen molar-refractivity contribution in [3.05, 3.63) is 40.5 Å². The quantitative estimate of drug-likeness (QED) is 0.906. The third-order valence-corrected chi connectivity index (χ3v) is 2.84. The van der Waals surface area contributed by atoms with Gasteiger partial charge in [-0.25, -0.2) is 0 Å². The number of carboxylic acids is 1. The summed E-state index contributed by atoms with van der Waals surface area (Å²) >= 11 is 6.03. The molecule has 1 N–H and O–H groups in total. The highest BCUT2D eigenvalue weighted by atomic mass is 35.5. The maximum absolute atomic E-state index is 11.5. The zero-order chi connectivity index (χ0) is 13.8. The summed E-state index contributed by atoms with van der Waals surface area (Å²) in [6.45, 7) is 2.07. The van der Waals surface area contributed by atoms with Crippen LogP contribution in [-0.2, 0) is 4.79 Å². The zero-order valence-electron chi connectivity index (χ0n) is 10.0. The molecule has 0 spiro atoms. The molecule has 1 aromatic heterocycles. The molecule has 0 aliphatic heterocycles. The van der Waals surface area contributed by atoms with E-state index in [-0.39, 0.29) is 11.6 Å². The molecule has 2 aromatic rings. The molecule has 6 nitrogen and oxygen atoms in total. The van der Waals surface area contributed by atoms with E-state index in [9.17, 15) is 9.90 Å². The summed E-state index contributed by atoms with van der Waals surface area (Å²) in [7, 11) is 0. The molecule has 7 heteroatoms. The molecular formula is C12H11ClN2O4. The van der Waals surface area contributed by atoms with Gasteiger partial charge in [0.15, 0.2) is 5.69 Å². The number of benzene rings is 1. The average Bonchev–Trinajstić information content (AvgIpc) is 2.80. The van der Waals surface area contributed by atoms with E-state index in [1.165, 1.54) is 0 Å². The van der Waals surface area contributed by atoms with Gasteiger partial charge >= 0.3 is 11.9 Å². The van der Waals surface area contributed by atoms with Crippen LogP contribution in [0.3, 0.4) is 0 Å². The average molecular weight is 283 g/mol. The van der Waals surface area contributed by atoms with Crippen molar-refractivity contribution in [2.75, 3.05) is 6.61 Å². The van der Waals surface area contributed by atoms with Crippen LogP contribution in [-0.4, -0.2) is 28.1 Å². The normalized spacial score (nSPS) is 12.1. The lowest BCUT2D eigenvalue weighted by Crippen LogP contribution is -2.15. The summed E-state index contributed by atoms with van der Waals surface area (Å²) in [6.07, 6.45) is 0. The van der Waals surface area contributed by atoms with E-state index in [0.29, 0.717) is 17.2 Å². The minimum atomic E-state index is -1.11. The van der Waals surface area contributed by atoms with Gasteiger partial charge in [-0.2, -0.15) is 0 Å². The molecule has 1 atom stereocenters. The molecule has 1 aromatic carbocycles. The van der Waals surface area contributed by atoms with E-state index < -0.39 is 11.9 Å². The van der Waals surface area contributed by atoms with E-state index in [4.69, 9.17) is 20.9 Å². The number of aromatic nitrogens is 2. The van der Waals surface area contributed by atoms with Crippen LogP contribution in [0.1, 0.15) is 24.1 Å². The number of aliphatic carboxylic acids is 1. The number of nitrogens with zero attached hydrogens (tertiary/aromatic N) is 2. The monoisotopic (exact) mass is 282 g/mol. The van der Waals surface area contributed by atoms with E-state index in [2.05, 4.69) is 10.4 Å². The molecule has 0 fully saturated rings. The molecule has 1 unspecified atom stereocenters. The zero-order valence-corrected chi connectivity index (χ0v) is 10.8. The Hall–Kier alpha value is -2.08. The molecule has 100 valence electrons. The lowest BCUT2D eigenvalue weighted by Gasteiger charge is -2.12. The molecular weight excluding hydrogens is 272 g/mol. The molecule has 0 saturated heterocycles. The Morgan fingerprint density at radius 1 is 1.53 bits per heavy atom. The number of carbonyl (C=O) groups is 1. The maximum atomic E-state index is 11.5. The Labute approximate surface area is 113 Å². The number of halogens is 1. The summed E-state index contributed by atoms with van der Waals surface area (Å²) in [5.74, 6) is -2.19. The highest BCUT2D eigenvalue weighted by molar-refractivity contribution is 6.31. The van der Waals surface area contributed by atoms with E-state index in [1.54, 1.807) is 31.2 Å². The summed E-state index contributed by atoms with van der Waals surface area (Å²) in [6, 6.07) is 6.65. The van der Waals surface area contributed by atoms with Gasteiger partial charge in [-0.15, -0.1) is 5.10 Å². The second kappa shape index (κ2) is 5.71. The molecule has 1 heterocycles. The molecule has 19 heavy (non-hydrogen) atoms. The fourth-order valence-corrected chi connectivity index (χ4v) is 1.95. The third kappa shape index (κ3) is 2.68. The predicted molar refractivity (Wildman–Crippen MR) is 66.4 cm³/mol. The summed E-state index contributed by atoms with van der Waals surface area (Å²) in [5.41, 5.74) is 0.510. The smallest absolute Gasteiger partial charge is 0.336 e. The van der Waals surface area contributed by atoms with Crippen molar-refractivity contribution < 1.29 is 19.2 Å². The number of rotatable bonds is 5. The SMILES string of the molecule is CCOc1onnc1C(C(=O)O)c1ccccc1Cl. The molecule has 0 amide bonds. The molecule has 0 aliphatic rings. The predicted octanol–water partition coefficient (Wildman–Crippen LogP) is 2.34. The Kier molecular flexibility index (Phi) is 4.01. The van der Waals surface area contributed by atoms with Crippen molar-refractivity contribution >= 4 is 17.6 Å². The summed E-state index contributed by atoms with van der Waals surface area (Å²) in [4.78, 5) is 11.5. The van der Waals surface area contributed by atoms with E-state index in [0.717, 1.165) is 0 Å². The minimum absolute atomic E-state index is 0.00480. The van der Waals surface area contributed by atoms with Gasteiger partial charge in [0.25, 0.3) is 0 Å². The summed E-state index contributed by atoms with van der Waals surface area (Å²) in [5, 5.41) is 16.8. The molecule has 0 aliphatic carbocycles. The largest absolute Gasteiger partial charge is 0.480 e. The Morgan fingerprint density at radius 2 is 2.26 bits per heavy atom. The fourth-order valence-electron chi connectivity index (χ4n) is 1.70. The summed E-state index contributed by atoms with van der Waals surface area (Å²) < 4.78 is 9.98. The van der Waals surface area contributed by atoms with Crippen LogP contribution in [0.15, 0.2) is 28.8 Å². The van der Waals surface area contributed by atoms with Crippen LogP contribution >= 0.6 is 11.6 Å². The van der Waals surface area contributed by atoms with E-state index >= 15 is 0 Å². The highest BCUT2D eigenvalue weighted by Gasteiger charge is 2.32. The van der Waals surface area contributed by atoms with Crippen molar-refractivity contribution in [1.29, 1.82) is 0 Å². The lowest BCUT2D eigenvalue weighted by molar-refractivity contribution is -0.137. The topological polar surface area (TPSA) is 85.5 Å². The lowest BCUT2D eigenvalue weighted by atomic mass is 9.96. The molecule has 0 saturated carbocycles. The van der Waals surface area contributed by atoms with Crippen LogP contribution in [0.4, 0.5) is 0 Å². The van der Waals surface area contributed by atoms with Crippen molar-refractivity contribution in [2.24, 2.45) is 0 Å². The number of hydrogen-bond acceptors (Lipinski definition) is 5. The van der Waals surface area contributed by atoms with Crippen LogP contribution in [0, 0.1) is 0 Å². The highest BCUT2D eigenvalue weighted by Crippen LogP contribution is 2.34. The van der Waals surface area contributed by atoms with Crippen LogP contribution in [0.2, 0.25) is 5.02 Å². The number of carboxylic acid groups (broad SMARTS) is 1. The van der Waals surface area contributed by atoms with Gasteiger partial charge in [0, 0.05) is 10.3 Å². The van der Waals surface area contributed by atoms with Gasteiger partial charge < -0.3 is 9.84 Å². The number of ether oxygens (including phenoxy) is 1. The van der Waals surface area contributed by atoms with Gasteiger partial charge in [0.05, 0.1) is 6.61 Å². The van der Waals surface area contributed by atoms with Crippen molar-refractivity contribution in [3.8, 4) is 5.95 Å². The van der Waals surface area contributed by atoms with Crippen LogP contribution in [0.25, 0.3) is 0 Å². The van der Waals surface area contributed by atoms with E-state index in [1.807, 2.05) is 0 Å². The number of hydrogen-bond donors (Lipinski definition) is 1. The molecule has 0 bridgehead atoms. The second-order valence-corrected chi connectivity index (χ2v) is 4.08. The van der Waals surface area contributed by atoms with Gasteiger partial charge in [-0.3, -0.25) is 9.32 Å². The van der Waals surface area contributed by atoms with Crippen molar-refractivity contribution in [3.63, 3.8) is 0 Å². The Bertz CT molecular complexity index is 585. The first-order valence-corrected chi connectivity index (χ1v) is 5.95. The van der Waals surface area contributed by atoms with Gasteiger partial charge in [-0.1, -0.05) is 29.8 Å². The molecule has 0 radical (unpaired) electrons. The maximum Gasteiger partial charge on any atom is 0.336 e. The first-order valence-electron chi connectivity index (χ1n) is 5.57. The minimum Gasteiger partial charge on any atom is -0.480 e. The first-order chi connectivity index (χ1) is 9.15. The first kappa shape index (κ1) is 13.4. The second-order valence-electron chi connectivity index (χ2n) is 3.67. The van der Waals surface area contributed by atoms with Crippen LogP contribution < -0.4 is 4.74 Å².